The second kappa shape index (κ2) is 19.8. The van der Waals surface area contributed by atoms with E-state index in [-0.39, 0.29) is 16.5 Å². The van der Waals surface area contributed by atoms with Gasteiger partial charge in [0.1, 0.15) is 10.9 Å². The molecule has 4 aromatic rings. The van der Waals surface area contributed by atoms with E-state index >= 15 is 0 Å². The second-order valence-electron chi connectivity index (χ2n) is 18.6. The number of rotatable bonds is 13. The topological polar surface area (TPSA) is 60.4 Å². The summed E-state index contributed by atoms with van der Waals surface area (Å²) in [5.41, 5.74) is 13.6. The lowest BCUT2D eigenvalue weighted by Crippen LogP contribution is -2.22. The summed E-state index contributed by atoms with van der Waals surface area (Å²) in [7, 11) is -0.272. The molecule has 1 N–H and O–H groups in total. The zero-order chi connectivity index (χ0) is 42.5. The molecule has 0 fully saturated rings. The van der Waals surface area contributed by atoms with E-state index in [0.29, 0.717) is 53.3 Å². The average Bonchev–Trinajstić information content (AvgIpc) is 3.10. The molecule has 0 aliphatic carbocycles. The normalized spacial score (nSPS) is 12.1. The fourth-order valence-electron chi connectivity index (χ4n) is 7.33. The number of aromatic carboxylic acids is 1. The van der Waals surface area contributed by atoms with E-state index < -0.39 is 11.7 Å². The summed E-state index contributed by atoms with van der Waals surface area (Å²) in [6.07, 6.45) is 0. The zero-order valence-electron chi connectivity index (χ0n) is 38.1. The van der Waals surface area contributed by atoms with E-state index in [2.05, 4.69) is 161 Å². The van der Waals surface area contributed by atoms with E-state index in [4.69, 9.17) is 5.11 Å². The molecule has 4 rings (SSSR count). The van der Waals surface area contributed by atoms with Crippen LogP contribution in [-0.4, -0.2) is 11.1 Å². The number of carbonyl (C=O) groups is 1. The van der Waals surface area contributed by atoms with Crippen molar-refractivity contribution in [1.82, 2.24) is 0 Å². The highest BCUT2D eigenvalue weighted by Crippen LogP contribution is 2.51. The van der Waals surface area contributed by atoms with Gasteiger partial charge in [0, 0.05) is 33.4 Å². The van der Waals surface area contributed by atoms with Gasteiger partial charge in [0.25, 0.3) is 0 Å². The molecule has 3 nitrogen and oxygen atoms in total. The van der Waals surface area contributed by atoms with Crippen molar-refractivity contribution in [2.75, 3.05) is 0 Å². The van der Waals surface area contributed by atoms with Crippen LogP contribution in [0.1, 0.15) is 238 Å². The molecule has 0 saturated carbocycles. The molecule has 0 radical (unpaired) electrons. The average molecular weight is 779 g/mol. The van der Waals surface area contributed by atoms with Crippen molar-refractivity contribution >= 4 is 16.9 Å². The van der Waals surface area contributed by atoms with Crippen LogP contribution < -0.4 is 5.11 Å². The molecular weight excluding hydrogens is 705 g/mol. The lowest BCUT2D eigenvalue weighted by Gasteiger charge is -2.29. The van der Waals surface area contributed by atoms with Gasteiger partial charge in [-0.05, 0) is 76.0 Å². The number of para-hydroxylation sites is 1. The number of hydrogen-bond donors (Lipinski definition) is 1. The lowest BCUT2D eigenvalue weighted by molar-refractivity contribution is -0.268. The van der Waals surface area contributed by atoms with Gasteiger partial charge in [0.2, 0.25) is 0 Å². The summed E-state index contributed by atoms with van der Waals surface area (Å²) >= 11 is 0. The molecule has 0 bridgehead atoms. The highest BCUT2D eigenvalue weighted by molar-refractivity contribution is 7.97. The Morgan fingerprint density at radius 3 is 0.821 bits per heavy atom. The molecule has 0 unspecified atom stereocenters. The molecule has 0 aromatic heterocycles. The molecule has 0 atom stereocenters. The van der Waals surface area contributed by atoms with Crippen molar-refractivity contribution in [2.24, 2.45) is 0 Å². The molecule has 56 heavy (non-hydrogen) atoms. The molecule has 0 aliphatic heterocycles. The van der Waals surface area contributed by atoms with Gasteiger partial charge in [-0.1, -0.05) is 185 Å². The van der Waals surface area contributed by atoms with Crippen LogP contribution in [0.25, 0.3) is 0 Å². The molecular formula is C52H74O3S. The Labute approximate surface area is 345 Å². The maximum atomic E-state index is 10.7. The summed E-state index contributed by atoms with van der Waals surface area (Å²) in [5.74, 6) is 2.45. The summed E-state index contributed by atoms with van der Waals surface area (Å²) in [5, 5.41) is 19.0. The number of benzene rings is 4. The third-order valence-corrected chi connectivity index (χ3v) is 13.6. The van der Waals surface area contributed by atoms with E-state index in [0.717, 1.165) is 0 Å². The number of hydrogen-bond acceptors (Lipinski definition) is 2. The van der Waals surface area contributed by atoms with Crippen molar-refractivity contribution in [1.29, 1.82) is 0 Å². The SMILES string of the molecule is CC(C)c1cc(C(C)C)c([S+](c2c(C(C)C)cc(C(C)C)cc2C(C)C)c2c(C(C)C)cc(C(C)C)cc2C(C)C)c(C(C)C)c1.O=C(O)c1ccccc1[O-]. The van der Waals surface area contributed by atoms with Crippen molar-refractivity contribution in [3.05, 3.63) is 116 Å². The highest BCUT2D eigenvalue weighted by atomic mass is 32.2. The van der Waals surface area contributed by atoms with Gasteiger partial charge in [0.15, 0.2) is 14.7 Å². The highest BCUT2D eigenvalue weighted by Gasteiger charge is 2.44. The molecule has 4 heteroatoms. The Balaban J connectivity index is 0.000000728. The summed E-state index contributed by atoms with van der Waals surface area (Å²) in [6.45, 7) is 43.3. The van der Waals surface area contributed by atoms with Crippen LogP contribution in [0.15, 0.2) is 75.4 Å². The minimum absolute atomic E-state index is 0.178. The number of carboxylic acids is 1. The molecule has 306 valence electrons. The predicted molar refractivity (Wildman–Crippen MR) is 241 cm³/mol. The Bertz CT molecular complexity index is 1670. The van der Waals surface area contributed by atoms with E-state index in [1.165, 1.54) is 41.0 Å². The Kier molecular flexibility index (Phi) is 16.6. The first-order valence-corrected chi connectivity index (χ1v) is 22.5. The number of carboxylic acid groups (broad SMARTS) is 1. The first-order chi connectivity index (χ1) is 26.0. The fourth-order valence-corrected chi connectivity index (χ4v) is 11.1. The van der Waals surface area contributed by atoms with Gasteiger partial charge in [0.05, 0.1) is 5.56 Å². The van der Waals surface area contributed by atoms with Crippen LogP contribution in [0.5, 0.6) is 5.75 Å². The van der Waals surface area contributed by atoms with Crippen molar-refractivity contribution in [3.63, 3.8) is 0 Å². The molecule has 0 heterocycles. The van der Waals surface area contributed by atoms with Crippen LogP contribution in [0.3, 0.4) is 0 Å². The first-order valence-electron chi connectivity index (χ1n) is 21.3. The van der Waals surface area contributed by atoms with Crippen LogP contribution >= 0.6 is 0 Å². The minimum atomic E-state index is -1.18. The fraction of sp³-hybridized carbons (Fsp3) is 0.519. The van der Waals surface area contributed by atoms with Gasteiger partial charge in [-0.3, -0.25) is 0 Å². The molecule has 0 saturated heterocycles. The quantitative estimate of drug-likeness (QED) is 0.138. The van der Waals surface area contributed by atoms with Crippen molar-refractivity contribution < 1.29 is 15.0 Å². The van der Waals surface area contributed by atoms with E-state index in [1.54, 1.807) is 48.1 Å². The van der Waals surface area contributed by atoms with Gasteiger partial charge in [-0.2, -0.15) is 0 Å². The van der Waals surface area contributed by atoms with E-state index in [9.17, 15) is 9.90 Å². The summed E-state index contributed by atoms with van der Waals surface area (Å²) < 4.78 is 0. The van der Waals surface area contributed by atoms with Crippen LogP contribution in [0.2, 0.25) is 0 Å². The van der Waals surface area contributed by atoms with Gasteiger partial charge in [-0.25, -0.2) is 4.79 Å². The van der Waals surface area contributed by atoms with Gasteiger partial charge >= 0.3 is 5.97 Å². The lowest BCUT2D eigenvalue weighted by atomic mass is 9.89. The smallest absolute Gasteiger partial charge is 0.335 e. The monoisotopic (exact) mass is 779 g/mol. The standard InChI is InChI=1S/C45H69S.C7H6O3/c1-25(2)34-19-37(28(7)8)43(38(20-34)29(9)10)46(44-39(30(11)12)21-35(26(3)4)22-40(44)31(13)14)45-41(32(15)16)23-36(27(5)6)24-42(45)33(17)18;8-6-4-2-1-3-5(6)7(9)10/h19-33H,1-18H3;1-4,8H,(H,9,10)/q+1;/p-1. The van der Waals surface area contributed by atoms with Crippen molar-refractivity contribution in [2.45, 2.75) is 193 Å². The minimum Gasteiger partial charge on any atom is -0.872 e. The van der Waals surface area contributed by atoms with Crippen LogP contribution in [0, 0.1) is 0 Å². The summed E-state index contributed by atoms with van der Waals surface area (Å²) in [4.78, 5) is 15.0. The first kappa shape index (κ1) is 46.9. The third-order valence-electron chi connectivity index (χ3n) is 11.0. The Morgan fingerprint density at radius 1 is 0.429 bits per heavy atom. The second-order valence-corrected chi connectivity index (χ2v) is 20.4. The van der Waals surface area contributed by atoms with Gasteiger partial charge in [-0.15, -0.1) is 0 Å². The predicted octanol–water partition coefficient (Wildman–Crippen LogP) is 15.4. The van der Waals surface area contributed by atoms with Crippen LogP contribution in [-0.2, 0) is 10.9 Å². The Hall–Kier alpha value is -3.50. The largest absolute Gasteiger partial charge is 0.872 e. The van der Waals surface area contributed by atoms with E-state index in [1.807, 2.05) is 0 Å². The maximum Gasteiger partial charge on any atom is 0.335 e. The third kappa shape index (κ3) is 10.7. The van der Waals surface area contributed by atoms with Gasteiger partial charge < -0.3 is 10.2 Å². The molecule has 0 aliphatic rings. The zero-order valence-corrected chi connectivity index (χ0v) is 39.0. The Morgan fingerprint density at radius 2 is 0.661 bits per heavy atom. The molecule has 4 aromatic carbocycles. The molecule has 0 spiro atoms. The maximum absolute atomic E-state index is 10.7. The molecule has 0 amide bonds. The summed E-state index contributed by atoms with van der Waals surface area (Å²) in [6, 6.07) is 21.1. The van der Waals surface area contributed by atoms with Crippen molar-refractivity contribution in [3.8, 4) is 5.75 Å². The van der Waals surface area contributed by atoms with Crippen LogP contribution in [0.4, 0.5) is 0 Å².